The summed E-state index contributed by atoms with van der Waals surface area (Å²) in [7, 11) is 1.46. The molecule has 0 saturated heterocycles. The van der Waals surface area contributed by atoms with Crippen LogP contribution in [0.15, 0.2) is 40.0 Å². The molecule has 0 spiro atoms. The van der Waals surface area contributed by atoms with Crippen LogP contribution in [-0.4, -0.2) is 53.7 Å². The molecule has 0 fully saturated rings. The number of nitrogens with one attached hydrogen (secondary N) is 2. The third kappa shape index (κ3) is 4.53. The maximum absolute atomic E-state index is 11.8. The Labute approximate surface area is 157 Å². The van der Waals surface area contributed by atoms with E-state index in [-0.39, 0.29) is 18.2 Å². The molecule has 0 radical (unpaired) electrons. The molecular weight excluding hydrogens is 372 g/mol. The van der Waals surface area contributed by atoms with Gasteiger partial charge in [-0.05, 0) is 12.1 Å². The molecule has 2 N–H and O–H groups in total. The molecule has 0 atom stereocenters. The van der Waals surface area contributed by atoms with E-state index in [4.69, 9.17) is 9.15 Å². The number of aromatic nitrogens is 2. The van der Waals surface area contributed by atoms with Crippen molar-refractivity contribution in [3.05, 3.63) is 30.6 Å². The van der Waals surface area contributed by atoms with Crippen LogP contribution in [0.25, 0.3) is 22.1 Å². The van der Waals surface area contributed by atoms with Crippen LogP contribution in [0.1, 0.15) is 0 Å². The van der Waals surface area contributed by atoms with Gasteiger partial charge in [-0.2, -0.15) is 0 Å². The van der Waals surface area contributed by atoms with Gasteiger partial charge in [0.2, 0.25) is 5.91 Å². The predicted octanol–water partition coefficient (Wildman–Crippen LogP) is 0.873. The van der Waals surface area contributed by atoms with Crippen molar-refractivity contribution in [2.45, 2.75) is 5.03 Å². The van der Waals surface area contributed by atoms with E-state index in [2.05, 4.69) is 20.6 Å². The third-order valence-corrected chi connectivity index (χ3v) is 4.49. The number of fused-ring (bicyclic) bond motifs is 3. The number of furan rings is 1. The number of carbonyl (C=O) groups excluding carboxylic acids is 3. The molecule has 3 aromatic rings. The first-order valence-electron chi connectivity index (χ1n) is 7.96. The van der Waals surface area contributed by atoms with Crippen LogP contribution in [0, 0.1) is 0 Å². The molecule has 0 bridgehead atoms. The van der Waals surface area contributed by atoms with E-state index in [0.717, 1.165) is 17.1 Å². The number of esters is 1. The van der Waals surface area contributed by atoms with Gasteiger partial charge in [0, 0.05) is 12.4 Å². The lowest BCUT2D eigenvalue weighted by Gasteiger charge is -2.06. The Morgan fingerprint density at radius 3 is 2.81 bits per heavy atom. The normalized spacial score (nSPS) is 10.7. The maximum Gasteiger partial charge on any atom is 0.316 e. The molecule has 0 unspecified atom stereocenters. The number of nitrogens with zero attached hydrogens (tertiary/aromatic N) is 2. The molecule has 0 saturated carbocycles. The van der Waals surface area contributed by atoms with Gasteiger partial charge in [-0.3, -0.25) is 14.4 Å². The number of rotatable bonds is 7. The van der Waals surface area contributed by atoms with Crippen molar-refractivity contribution in [2.24, 2.45) is 0 Å². The molecule has 2 amide bonds. The van der Waals surface area contributed by atoms with E-state index >= 15 is 0 Å². The second kappa shape index (κ2) is 8.49. The Hall–Kier alpha value is -3.14. The molecule has 27 heavy (non-hydrogen) atoms. The average Bonchev–Trinajstić information content (AvgIpc) is 3.08. The fourth-order valence-corrected chi connectivity index (χ4v) is 2.97. The first-order chi connectivity index (χ1) is 13.1. The quantitative estimate of drug-likeness (QED) is 0.347. The Kier molecular flexibility index (Phi) is 5.87. The lowest BCUT2D eigenvalue weighted by atomic mass is 10.2. The van der Waals surface area contributed by atoms with Crippen molar-refractivity contribution in [3.63, 3.8) is 0 Å². The fourth-order valence-electron chi connectivity index (χ4n) is 2.24. The molecule has 0 aliphatic rings. The van der Waals surface area contributed by atoms with Crippen molar-refractivity contribution in [3.8, 4) is 0 Å². The Morgan fingerprint density at radius 1 is 1.19 bits per heavy atom. The number of hydrogen-bond acceptors (Lipinski definition) is 8. The topological polar surface area (TPSA) is 123 Å². The number of thioether (sulfide) groups is 1. The first kappa shape index (κ1) is 18.6. The highest BCUT2D eigenvalue weighted by atomic mass is 32.2. The maximum atomic E-state index is 11.8. The van der Waals surface area contributed by atoms with E-state index in [0.29, 0.717) is 21.7 Å². The Morgan fingerprint density at radius 2 is 2.00 bits per heavy atom. The van der Waals surface area contributed by atoms with E-state index in [1.165, 1.54) is 13.4 Å². The van der Waals surface area contributed by atoms with E-state index in [1.807, 2.05) is 24.3 Å². The van der Waals surface area contributed by atoms with Crippen LogP contribution in [0.3, 0.4) is 0 Å². The van der Waals surface area contributed by atoms with Crippen molar-refractivity contribution in [2.75, 3.05) is 26.0 Å². The number of hydrogen-bond donors (Lipinski definition) is 2. The summed E-state index contributed by atoms with van der Waals surface area (Å²) >= 11 is 1.13. The van der Waals surface area contributed by atoms with Crippen molar-refractivity contribution in [1.82, 2.24) is 20.6 Å². The fraction of sp³-hybridized carbons (Fsp3) is 0.235. The van der Waals surface area contributed by atoms with Crippen LogP contribution in [0.4, 0.5) is 0 Å². The summed E-state index contributed by atoms with van der Waals surface area (Å²) in [5.74, 6) is -1.54. The van der Waals surface area contributed by atoms with Gasteiger partial charge < -0.3 is 19.8 Å². The van der Waals surface area contributed by atoms with Crippen molar-refractivity contribution < 1.29 is 23.5 Å². The minimum absolute atomic E-state index is 0.0497. The minimum Gasteiger partial charge on any atom is -0.455 e. The molecule has 3 rings (SSSR count). The highest BCUT2D eigenvalue weighted by Crippen LogP contribution is 2.32. The number of likely N-dealkylation sites (N-methyl/N-ethyl adjacent to an activating group) is 1. The summed E-state index contributed by atoms with van der Waals surface area (Å²) in [6.45, 7) is -0.632. The Balaban J connectivity index is 1.56. The van der Waals surface area contributed by atoms with Gasteiger partial charge in [0.15, 0.2) is 12.2 Å². The standard InChI is InChI=1S/C17H16N4O5S/c1-18-12(22)6-19-13(23)7-25-14(24)8-27-17-16-15(20-9-21-17)10-4-2-3-5-11(10)26-16/h2-5,9H,6-8H2,1H3,(H,18,22)(H,19,23). The lowest BCUT2D eigenvalue weighted by molar-refractivity contribution is -0.146. The average molecular weight is 388 g/mol. The third-order valence-electron chi connectivity index (χ3n) is 3.54. The number of ether oxygens (including phenoxy) is 1. The van der Waals surface area contributed by atoms with E-state index in [1.54, 1.807) is 0 Å². The molecular formula is C17H16N4O5S. The molecule has 9 nitrogen and oxygen atoms in total. The van der Waals surface area contributed by atoms with Crippen LogP contribution in [-0.2, 0) is 19.1 Å². The zero-order chi connectivity index (χ0) is 19.2. The monoisotopic (exact) mass is 388 g/mol. The molecule has 10 heteroatoms. The summed E-state index contributed by atoms with van der Waals surface area (Å²) in [5, 5.41) is 6.07. The van der Waals surface area contributed by atoms with Gasteiger partial charge in [0.25, 0.3) is 5.91 Å². The lowest BCUT2D eigenvalue weighted by Crippen LogP contribution is -2.37. The van der Waals surface area contributed by atoms with Gasteiger partial charge in [-0.25, -0.2) is 9.97 Å². The van der Waals surface area contributed by atoms with Gasteiger partial charge in [0.05, 0.1) is 12.3 Å². The molecule has 2 aromatic heterocycles. The highest BCUT2D eigenvalue weighted by Gasteiger charge is 2.15. The van der Waals surface area contributed by atoms with Crippen molar-refractivity contribution in [1.29, 1.82) is 0 Å². The van der Waals surface area contributed by atoms with E-state index < -0.39 is 18.5 Å². The highest BCUT2D eigenvalue weighted by molar-refractivity contribution is 8.00. The Bertz CT molecular complexity index is 1000. The smallest absolute Gasteiger partial charge is 0.316 e. The first-order valence-corrected chi connectivity index (χ1v) is 8.95. The minimum atomic E-state index is -0.585. The predicted molar refractivity (Wildman–Crippen MR) is 98.1 cm³/mol. The molecule has 2 heterocycles. The summed E-state index contributed by atoms with van der Waals surface area (Å²) in [4.78, 5) is 42.8. The van der Waals surface area contributed by atoms with Gasteiger partial charge in [-0.1, -0.05) is 23.9 Å². The number of benzene rings is 1. The number of para-hydroxylation sites is 1. The van der Waals surface area contributed by atoms with Gasteiger partial charge >= 0.3 is 5.97 Å². The van der Waals surface area contributed by atoms with Crippen LogP contribution in [0.5, 0.6) is 0 Å². The summed E-state index contributed by atoms with van der Waals surface area (Å²) in [6, 6.07) is 7.47. The summed E-state index contributed by atoms with van der Waals surface area (Å²) in [6.07, 6.45) is 1.41. The second-order valence-electron chi connectivity index (χ2n) is 5.35. The molecule has 140 valence electrons. The molecule has 1 aromatic carbocycles. The zero-order valence-corrected chi connectivity index (χ0v) is 15.2. The van der Waals surface area contributed by atoms with Crippen LogP contribution in [0.2, 0.25) is 0 Å². The zero-order valence-electron chi connectivity index (χ0n) is 14.4. The SMILES string of the molecule is CNC(=O)CNC(=O)COC(=O)CSc1ncnc2c1oc1ccccc12. The van der Waals surface area contributed by atoms with Crippen LogP contribution < -0.4 is 10.6 Å². The largest absolute Gasteiger partial charge is 0.455 e. The van der Waals surface area contributed by atoms with Gasteiger partial charge in [-0.15, -0.1) is 0 Å². The van der Waals surface area contributed by atoms with Gasteiger partial charge in [0.1, 0.15) is 22.5 Å². The summed E-state index contributed by atoms with van der Waals surface area (Å²) < 4.78 is 10.7. The molecule has 0 aliphatic heterocycles. The van der Waals surface area contributed by atoms with Crippen molar-refractivity contribution >= 4 is 51.6 Å². The number of amides is 2. The number of carbonyl (C=O) groups is 3. The molecule has 0 aliphatic carbocycles. The van der Waals surface area contributed by atoms with Crippen LogP contribution >= 0.6 is 11.8 Å². The summed E-state index contributed by atoms with van der Waals surface area (Å²) in [5.41, 5.74) is 1.86. The van der Waals surface area contributed by atoms with E-state index in [9.17, 15) is 14.4 Å². The second-order valence-corrected chi connectivity index (χ2v) is 6.32.